The van der Waals surface area contributed by atoms with Crippen LogP contribution in [-0.4, -0.2) is 20.7 Å². The van der Waals surface area contributed by atoms with Crippen molar-refractivity contribution >= 4 is 35.0 Å². The number of nitrogens with one attached hydrogen (secondary N) is 1. The summed E-state index contributed by atoms with van der Waals surface area (Å²) in [5, 5.41) is 3.39. The molecule has 7 heteroatoms. The molecule has 1 unspecified atom stereocenters. The molecule has 1 atom stereocenters. The van der Waals surface area contributed by atoms with Gasteiger partial charge in [0.15, 0.2) is 5.16 Å². The largest absolute Gasteiger partial charge is 0.324 e. The quantitative estimate of drug-likeness (QED) is 0.708. The monoisotopic (exact) mass is 383 g/mol. The Hall–Kier alpha value is -1.53. The van der Waals surface area contributed by atoms with E-state index in [0.717, 1.165) is 23.1 Å². The molecule has 1 heterocycles. The fourth-order valence-corrected chi connectivity index (χ4v) is 3.56. The van der Waals surface area contributed by atoms with E-state index in [2.05, 4.69) is 28.7 Å². The molecule has 1 aromatic carbocycles. The third-order valence-electron chi connectivity index (χ3n) is 3.81. The van der Waals surface area contributed by atoms with Crippen LogP contribution in [0.4, 0.5) is 10.1 Å². The lowest BCUT2D eigenvalue weighted by molar-refractivity contribution is -0.115. The molecule has 0 saturated carbocycles. The minimum absolute atomic E-state index is 0.179. The molecule has 0 radical (unpaired) electrons. The number of aromatic nitrogens is 2. The first kappa shape index (κ1) is 19.8. The first-order valence-electron chi connectivity index (χ1n) is 8.15. The van der Waals surface area contributed by atoms with E-state index < -0.39 is 5.82 Å². The molecule has 0 spiro atoms. The maximum Gasteiger partial charge on any atom is 0.237 e. The van der Waals surface area contributed by atoms with Gasteiger partial charge >= 0.3 is 0 Å². The molecule has 0 saturated heterocycles. The molecular formula is C18H23ClFN3OS. The van der Waals surface area contributed by atoms with Crippen molar-refractivity contribution in [3.05, 3.63) is 40.4 Å². The molecule has 0 bridgehead atoms. The Labute approximate surface area is 157 Å². The topological polar surface area (TPSA) is 46.9 Å². The van der Waals surface area contributed by atoms with Gasteiger partial charge in [0.25, 0.3) is 0 Å². The Bertz CT molecular complexity index is 776. The third kappa shape index (κ3) is 4.98. The fraction of sp³-hybridized carbons (Fsp3) is 0.444. The Balaban J connectivity index is 2.12. The number of carbonyl (C=O) groups excluding carboxylic acids is 1. The first-order valence-corrected chi connectivity index (χ1v) is 9.41. The average molecular weight is 384 g/mol. The zero-order chi connectivity index (χ0) is 18.7. The number of hydrogen-bond acceptors (Lipinski definition) is 3. The fourth-order valence-electron chi connectivity index (χ4n) is 2.33. The van der Waals surface area contributed by atoms with Gasteiger partial charge in [0, 0.05) is 12.2 Å². The molecular weight excluding hydrogens is 361 g/mol. The smallest absolute Gasteiger partial charge is 0.237 e. The van der Waals surface area contributed by atoms with Crippen LogP contribution in [0, 0.1) is 25.6 Å². The van der Waals surface area contributed by atoms with Gasteiger partial charge in [0.2, 0.25) is 5.91 Å². The summed E-state index contributed by atoms with van der Waals surface area (Å²) >= 11 is 7.37. The van der Waals surface area contributed by atoms with Crippen LogP contribution in [0.2, 0.25) is 5.02 Å². The number of nitrogens with zero attached hydrogens (tertiary/aromatic N) is 2. The van der Waals surface area contributed by atoms with Crippen LogP contribution in [0.25, 0.3) is 0 Å². The standard InChI is InChI=1S/C18H23ClFN3OS/c1-10(2)9-23-12(4)11(3)21-18(23)25-13(5)17(24)22-16-7-6-14(20)8-15(16)19/h6-8,10,13H,9H2,1-5H3,(H,22,24). The van der Waals surface area contributed by atoms with Gasteiger partial charge in [-0.1, -0.05) is 37.2 Å². The van der Waals surface area contributed by atoms with Gasteiger partial charge in [-0.25, -0.2) is 9.37 Å². The summed E-state index contributed by atoms with van der Waals surface area (Å²) in [7, 11) is 0. The molecule has 25 heavy (non-hydrogen) atoms. The second-order valence-electron chi connectivity index (χ2n) is 6.44. The van der Waals surface area contributed by atoms with Crippen molar-refractivity contribution in [2.24, 2.45) is 5.92 Å². The number of amides is 1. The van der Waals surface area contributed by atoms with Crippen molar-refractivity contribution in [2.75, 3.05) is 5.32 Å². The second kappa shape index (κ2) is 8.23. The molecule has 136 valence electrons. The van der Waals surface area contributed by atoms with Crippen molar-refractivity contribution in [2.45, 2.75) is 51.6 Å². The number of halogens is 2. The average Bonchev–Trinajstić information content (AvgIpc) is 2.77. The predicted octanol–water partition coefficient (Wildman–Crippen LogP) is 5.07. The number of aryl methyl sites for hydroxylation is 1. The molecule has 1 N–H and O–H groups in total. The number of hydrogen-bond donors (Lipinski definition) is 1. The molecule has 2 rings (SSSR count). The number of benzene rings is 1. The number of imidazole rings is 1. The van der Waals surface area contributed by atoms with Crippen LogP contribution in [0.15, 0.2) is 23.4 Å². The van der Waals surface area contributed by atoms with Gasteiger partial charge in [-0.3, -0.25) is 4.79 Å². The molecule has 4 nitrogen and oxygen atoms in total. The van der Waals surface area contributed by atoms with E-state index in [1.165, 1.54) is 30.0 Å². The SMILES string of the molecule is Cc1nc(SC(C)C(=O)Nc2ccc(F)cc2Cl)n(CC(C)C)c1C. The summed E-state index contributed by atoms with van der Waals surface area (Å²) in [5.41, 5.74) is 2.49. The molecule has 1 amide bonds. The number of rotatable bonds is 6. The van der Waals surface area contributed by atoms with Crippen LogP contribution < -0.4 is 5.32 Å². The van der Waals surface area contributed by atoms with Gasteiger partial charge in [-0.15, -0.1) is 0 Å². The molecule has 2 aromatic rings. The summed E-state index contributed by atoms with van der Waals surface area (Å²) in [6.45, 7) is 11.0. The van der Waals surface area contributed by atoms with Gasteiger partial charge in [0.1, 0.15) is 5.82 Å². The van der Waals surface area contributed by atoms with Crippen molar-refractivity contribution in [3.8, 4) is 0 Å². The second-order valence-corrected chi connectivity index (χ2v) is 8.16. The minimum Gasteiger partial charge on any atom is -0.324 e. The van der Waals surface area contributed by atoms with Crippen LogP contribution >= 0.6 is 23.4 Å². The maximum atomic E-state index is 13.1. The lowest BCUT2D eigenvalue weighted by atomic mass is 10.2. The first-order chi connectivity index (χ1) is 11.7. The summed E-state index contributed by atoms with van der Waals surface area (Å²) in [5.74, 6) is -0.159. The van der Waals surface area contributed by atoms with E-state index in [1.807, 2.05) is 20.8 Å². The molecule has 1 aromatic heterocycles. The summed E-state index contributed by atoms with van der Waals surface area (Å²) < 4.78 is 15.3. The summed E-state index contributed by atoms with van der Waals surface area (Å²) in [6, 6.07) is 3.90. The van der Waals surface area contributed by atoms with Crippen LogP contribution in [0.1, 0.15) is 32.2 Å². The summed E-state index contributed by atoms with van der Waals surface area (Å²) in [4.78, 5) is 17.0. The Morgan fingerprint density at radius 2 is 2.04 bits per heavy atom. The van der Waals surface area contributed by atoms with Gasteiger partial charge in [-0.05, 0) is 44.9 Å². The van der Waals surface area contributed by atoms with Crippen LogP contribution in [0.5, 0.6) is 0 Å². The zero-order valence-corrected chi connectivity index (χ0v) is 16.6. The lowest BCUT2D eigenvalue weighted by Crippen LogP contribution is -2.23. The van der Waals surface area contributed by atoms with Gasteiger partial charge in [-0.2, -0.15) is 0 Å². The molecule has 0 fully saturated rings. The van der Waals surface area contributed by atoms with Crippen LogP contribution in [-0.2, 0) is 11.3 Å². The highest BCUT2D eigenvalue weighted by Crippen LogP contribution is 2.28. The van der Waals surface area contributed by atoms with E-state index in [0.29, 0.717) is 11.6 Å². The van der Waals surface area contributed by atoms with Gasteiger partial charge < -0.3 is 9.88 Å². The van der Waals surface area contributed by atoms with Crippen molar-refractivity contribution in [1.29, 1.82) is 0 Å². The molecule has 0 aliphatic rings. The summed E-state index contributed by atoms with van der Waals surface area (Å²) in [6.07, 6.45) is 0. The highest BCUT2D eigenvalue weighted by atomic mass is 35.5. The van der Waals surface area contributed by atoms with E-state index in [4.69, 9.17) is 11.6 Å². The van der Waals surface area contributed by atoms with Crippen molar-refractivity contribution < 1.29 is 9.18 Å². The van der Waals surface area contributed by atoms with E-state index in [1.54, 1.807) is 0 Å². The number of thioether (sulfide) groups is 1. The lowest BCUT2D eigenvalue weighted by Gasteiger charge is -2.15. The van der Waals surface area contributed by atoms with Crippen LogP contribution in [0.3, 0.4) is 0 Å². The normalized spacial score (nSPS) is 12.5. The Morgan fingerprint density at radius 3 is 2.64 bits per heavy atom. The predicted molar refractivity (Wildman–Crippen MR) is 102 cm³/mol. The number of carbonyl (C=O) groups is 1. The molecule has 0 aliphatic carbocycles. The molecule has 0 aliphatic heterocycles. The Kier molecular flexibility index (Phi) is 6.52. The minimum atomic E-state index is -0.438. The number of anilines is 1. The van der Waals surface area contributed by atoms with Gasteiger partial charge in [0.05, 0.1) is 21.7 Å². The van der Waals surface area contributed by atoms with E-state index >= 15 is 0 Å². The third-order valence-corrected chi connectivity index (χ3v) is 5.21. The van der Waals surface area contributed by atoms with Crippen molar-refractivity contribution in [3.63, 3.8) is 0 Å². The highest BCUT2D eigenvalue weighted by molar-refractivity contribution is 8.00. The zero-order valence-electron chi connectivity index (χ0n) is 15.1. The van der Waals surface area contributed by atoms with Crippen molar-refractivity contribution in [1.82, 2.24) is 9.55 Å². The Morgan fingerprint density at radius 1 is 1.36 bits per heavy atom. The van der Waals surface area contributed by atoms with E-state index in [9.17, 15) is 9.18 Å². The maximum absolute atomic E-state index is 13.1. The highest BCUT2D eigenvalue weighted by Gasteiger charge is 2.21. The van der Waals surface area contributed by atoms with E-state index in [-0.39, 0.29) is 16.2 Å².